The number of aromatic nitrogens is 1. The van der Waals surface area contributed by atoms with E-state index < -0.39 is 5.97 Å². The zero-order chi connectivity index (χ0) is 23.0. The Morgan fingerprint density at radius 1 is 1.06 bits per heavy atom. The lowest BCUT2D eigenvalue weighted by atomic mass is 9.88. The number of piperidine rings is 1. The Balaban J connectivity index is 1.19. The number of anilines is 2. The second kappa shape index (κ2) is 11.3. The molecular formula is C26H33N3O4. The van der Waals surface area contributed by atoms with Crippen molar-refractivity contribution in [3.05, 3.63) is 53.7 Å². The highest BCUT2D eigenvalue weighted by molar-refractivity contribution is 5.92. The van der Waals surface area contributed by atoms with E-state index in [2.05, 4.69) is 15.2 Å². The zero-order valence-corrected chi connectivity index (χ0v) is 19.0. The smallest absolute Gasteiger partial charge is 0.335 e. The van der Waals surface area contributed by atoms with Gasteiger partial charge in [0.2, 0.25) is 5.91 Å². The highest BCUT2D eigenvalue weighted by atomic mass is 16.5. The molecule has 1 aromatic heterocycles. The van der Waals surface area contributed by atoms with E-state index in [9.17, 15) is 9.59 Å². The van der Waals surface area contributed by atoms with Crippen molar-refractivity contribution >= 4 is 23.4 Å². The summed E-state index contributed by atoms with van der Waals surface area (Å²) in [5.74, 6) is 0.770. The fourth-order valence-electron chi connectivity index (χ4n) is 4.72. The van der Waals surface area contributed by atoms with Gasteiger partial charge in [-0.3, -0.25) is 4.79 Å². The number of carbonyl (C=O) groups excluding carboxylic acids is 1. The van der Waals surface area contributed by atoms with Gasteiger partial charge < -0.3 is 20.1 Å². The molecule has 2 aliphatic rings. The molecule has 0 radical (unpaired) electrons. The molecule has 0 atom stereocenters. The molecule has 1 aliphatic heterocycles. The molecule has 0 spiro atoms. The summed E-state index contributed by atoms with van der Waals surface area (Å²) in [5, 5.41) is 12.1. The van der Waals surface area contributed by atoms with Crippen LogP contribution in [0, 0.1) is 11.8 Å². The number of amides is 1. The third-order valence-electron chi connectivity index (χ3n) is 6.73. The van der Waals surface area contributed by atoms with E-state index in [4.69, 9.17) is 9.84 Å². The van der Waals surface area contributed by atoms with E-state index >= 15 is 0 Å². The predicted molar refractivity (Wildman–Crippen MR) is 127 cm³/mol. The van der Waals surface area contributed by atoms with Gasteiger partial charge in [-0.2, -0.15) is 0 Å². The van der Waals surface area contributed by atoms with Crippen LogP contribution in [0.3, 0.4) is 0 Å². The maximum Gasteiger partial charge on any atom is 0.335 e. The summed E-state index contributed by atoms with van der Waals surface area (Å²) in [6.45, 7) is 2.94. The van der Waals surface area contributed by atoms with Crippen LogP contribution in [0.15, 0.2) is 42.6 Å². The molecule has 1 amide bonds. The molecule has 33 heavy (non-hydrogen) atoms. The molecule has 7 nitrogen and oxygen atoms in total. The second-order valence-electron chi connectivity index (χ2n) is 9.18. The summed E-state index contributed by atoms with van der Waals surface area (Å²) in [6, 6.07) is 10.8. The number of nitrogens with one attached hydrogen (secondary N) is 1. The maximum atomic E-state index is 12.4. The second-order valence-corrected chi connectivity index (χ2v) is 9.18. The van der Waals surface area contributed by atoms with Gasteiger partial charge in [0.15, 0.2) is 0 Å². The number of ether oxygens (including phenoxy) is 1. The number of benzene rings is 1. The lowest BCUT2D eigenvalue weighted by Crippen LogP contribution is -2.35. The molecule has 2 heterocycles. The van der Waals surface area contributed by atoms with Gasteiger partial charge in [-0.15, -0.1) is 0 Å². The fourth-order valence-corrected chi connectivity index (χ4v) is 4.72. The molecule has 1 aromatic carbocycles. The number of pyridine rings is 1. The van der Waals surface area contributed by atoms with E-state index in [1.54, 1.807) is 24.4 Å². The maximum absolute atomic E-state index is 12.4. The van der Waals surface area contributed by atoms with E-state index in [1.165, 1.54) is 6.42 Å². The van der Waals surface area contributed by atoms with Crippen molar-refractivity contribution in [2.75, 3.05) is 29.9 Å². The van der Waals surface area contributed by atoms with Crippen molar-refractivity contribution in [1.82, 2.24) is 4.98 Å². The fraction of sp³-hybridized carbons (Fsp3) is 0.500. The van der Waals surface area contributed by atoms with E-state index in [0.717, 1.165) is 68.7 Å². The molecule has 4 rings (SSSR count). The Bertz CT molecular complexity index is 933. The first-order valence-corrected chi connectivity index (χ1v) is 12.0. The van der Waals surface area contributed by atoms with Gasteiger partial charge in [-0.05, 0) is 61.4 Å². The summed E-state index contributed by atoms with van der Waals surface area (Å²) in [5.41, 5.74) is 1.94. The summed E-state index contributed by atoms with van der Waals surface area (Å²) in [6.07, 6.45) is 9.33. The van der Waals surface area contributed by atoms with E-state index in [0.29, 0.717) is 19.1 Å². The molecule has 1 saturated carbocycles. The molecular weight excluding hydrogens is 418 g/mol. The molecule has 1 saturated heterocycles. The monoisotopic (exact) mass is 451 g/mol. The number of carbonyl (C=O) groups is 2. The number of carboxylic acid groups (broad SMARTS) is 1. The predicted octanol–water partition coefficient (Wildman–Crippen LogP) is 4.73. The first kappa shape index (κ1) is 23.2. The number of rotatable bonds is 8. The minimum absolute atomic E-state index is 0.125. The third kappa shape index (κ3) is 6.54. The van der Waals surface area contributed by atoms with Crippen LogP contribution in [-0.2, 0) is 16.1 Å². The van der Waals surface area contributed by atoms with Gasteiger partial charge in [-0.1, -0.05) is 31.4 Å². The Kier molecular flexibility index (Phi) is 7.94. The number of aromatic carboxylic acids is 1. The van der Waals surface area contributed by atoms with Crippen LogP contribution in [0.2, 0.25) is 0 Å². The molecule has 7 heteroatoms. The molecule has 1 aliphatic carbocycles. The molecule has 2 fully saturated rings. The number of hydrogen-bond acceptors (Lipinski definition) is 5. The lowest BCUT2D eigenvalue weighted by molar-refractivity contribution is -0.120. The van der Waals surface area contributed by atoms with Crippen LogP contribution in [0.5, 0.6) is 0 Å². The van der Waals surface area contributed by atoms with Gasteiger partial charge >= 0.3 is 5.97 Å². The first-order valence-electron chi connectivity index (χ1n) is 12.0. The van der Waals surface area contributed by atoms with E-state index in [1.807, 2.05) is 18.2 Å². The van der Waals surface area contributed by atoms with Gasteiger partial charge in [0, 0.05) is 25.6 Å². The normalized spacial score (nSPS) is 17.6. The Morgan fingerprint density at radius 3 is 2.55 bits per heavy atom. The summed E-state index contributed by atoms with van der Waals surface area (Å²) in [4.78, 5) is 30.4. The van der Waals surface area contributed by atoms with Crippen LogP contribution in [0.1, 0.15) is 60.9 Å². The van der Waals surface area contributed by atoms with Crippen LogP contribution < -0.4 is 10.2 Å². The minimum atomic E-state index is -0.919. The van der Waals surface area contributed by atoms with Gasteiger partial charge in [0.25, 0.3) is 0 Å². The van der Waals surface area contributed by atoms with Crippen LogP contribution in [0.4, 0.5) is 11.5 Å². The van der Waals surface area contributed by atoms with Crippen LogP contribution >= 0.6 is 0 Å². The third-order valence-corrected chi connectivity index (χ3v) is 6.73. The Labute approximate surface area is 195 Å². The molecule has 176 valence electrons. The first-order chi connectivity index (χ1) is 16.1. The van der Waals surface area contributed by atoms with Gasteiger partial charge in [0.05, 0.1) is 24.1 Å². The topological polar surface area (TPSA) is 91.8 Å². The average Bonchev–Trinajstić information content (AvgIpc) is 2.86. The molecule has 2 N–H and O–H groups in total. The summed E-state index contributed by atoms with van der Waals surface area (Å²) in [7, 11) is 0. The van der Waals surface area contributed by atoms with Crippen molar-refractivity contribution in [3.63, 3.8) is 0 Å². The number of hydrogen-bond donors (Lipinski definition) is 2. The quantitative estimate of drug-likeness (QED) is 0.603. The number of nitrogens with zero attached hydrogens (tertiary/aromatic N) is 2. The lowest BCUT2D eigenvalue weighted by Gasteiger charge is -2.32. The minimum Gasteiger partial charge on any atom is -0.478 e. The van der Waals surface area contributed by atoms with Crippen molar-refractivity contribution in [3.8, 4) is 0 Å². The highest BCUT2D eigenvalue weighted by Crippen LogP contribution is 2.26. The summed E-state index contributed by atoms with van der Waals surface area (Å²) >= 11 is 0. The molecule has 0 unspecified atom stereocenters. The highest BCUT2D eigenvalue weighted by Gasteiger charge is 2.22. The zero-order valence-electron chi connectivity index (χ0n) is 19.0. The Morgan fingerprint density at radius 2 is 1.85 bits per heavy atom. The van der Waals surface area contributed by atoms with Crippen LogP contribution in [-0.4, -0.2) is 41.7 Å². The van der Waals surface area contributed by atoms with Gasteiger partial charge in [-0.25, -0.2) is 9.78 Å². The summed E-state index contributed by atoms with van der Waals surface area (Å²) < 4.78 is 5.87. The Hall–Kier alpha value is -2.93. The van der Waals surface area contributed by atoms with Crippen molar-refractivity contribution < 1.29 is 19.4 Å². The van der Waals surface area contributed by atoms with Gasteiger partial charge in [0.1, 0.15) is 5.82 Å². The average molecular weight is 452 g/mol. The number of carboxylic acids is 1. The van der Waals surface area contributed by atoms with Crippen molar-refractivity contribution in [2.45, 2.75) is 51.6 Å². The molecule has 0 bridgehead atoms. The SMILES string of the molecule is O=C(O)c1cccc(COCC2CCN(c3ccc(NC(=O)C4CCCCC4)cn3)CC2)c1. The van der Waals surface area contributed by atoms with E-state index in [-0.39, 0.29) is 17.4 Å². The largest absolute Gasteiger partial charge is 0.478 e. The van der Waals surface area contributed by atoms with Crippen LogP contribution in [0.25, 0.3) is 0 Å². The molecule has 2 aromatic rings. The van der Waals surface area contributed by atoms with Crippen molar-refractivity contribution in [1.29, 1.82) is 0 Å². The standard InChI is InChI=1S/C26H33N3O4/c30-25(21-6-2-1-3-7-21)28-23-9-10-24(27-16-23)29-13-11-19(12-14-29)17-33-18-20-5-4-8-22(15-20)26(31)32/h4-5,8-10,15-16,19,21H,1-3,6-7,11-14,17-18H2,(H,28,30)(H,31,32). The van der Waals surface area contributed by atoms with Crippen molar-refractivity contribution in [2.24, 2.45) is 11.8 Å².